The van der Waals surface area contributed by atoms with Gasteiger partial charge in [0.25, 0.3) is 0 Å². The fraction of sp³-hybridized carbons (Fsp3) is 0.692. The van der Waals surface area contributed by atoms with Crippen molar-refractivity contribution in [1.82, 2.24) is 25.0 Å². The lowest BCUT2D eigenvalue weighted by atomic mass is 10.2. The number of imide groups is 1. The summed E-state index contributed by atoms with van der Waals surface area (Å²) in [6.45, 7) is 3.66. The second kappa shape index (κ2) is 6.75. The Bertz CT molecular complexity index is 651. The molecule has 3 amide bonds. The maximum absolute atomic E-state index is 12.3. The lowest BCUT2D eigenvalue weighted by Gasteiger charge is -2.17. The average Bonchev–Trinajstić information content (AvgIpc) is 3.25. The number of hydrogen-bond acceptors (Lipinski definition) is 6. The van der Waals surface area contributed by atoms with Crippen molar-refractivity contribution in [3.8, 4) is 0 Å². The standard InChI is InChI=1S/C13H19N5O4S/c1-8(10(19)17-5-4-14-11(17)20)23-13-16-15-12(21)18(13)7-9-3-2-6-22-9/h8-9H,2-7H2,1H3,(H,14,20)(H,15,21)/t8-,9-/m1/s1. The minimum absolute atomic E-state index is 0.0000162. The lowest BCUT2D eigenvalue weighted by Crippen LogP contribution is -2.39. The summed E-state index contributed by atoms with van der Waals surface area (Å²) in [7, 11) is 0. The van der Waals surface area contributed by atoms with Crippen LogP contribution in [0.2, 0.25) is 0 Å². The summed E-state index contributed by atoms with van der Waals surface area (Å²) in [6.07, 6.45) is 1.89. The van der Waals surface area contributed by atoms with Crippen LogP contribution in [0.3, 0.4) is 0 Å². The van der Waals surface area contributed by atoms with E-state index in [1.807, 2.05) is 0 Å². The SMILES string of the molecule is C[C@@H](Sc1n[nH]c(=O)n1C[C@H]1CCCO1)C(=O)N1CCNC1=O. The number of carbonyl (C=O) groups is 2. The van der Waals surface area contributed by atoms with Crippen LogP contribution in [-0.2, 0) is 16.1 Å². The summed E-state index contributed by atoms with van der Waals surface area (Å²) >= 11 is 1.17. The van der Waals surface area contributed by atoms with Gasteiger partial charge in [0.1, 0.15) is 0 Å². The van der Waals surface area contributed by atoms with Gasteiger partial charge in [-0.2, -0.15) is 0 Å². The molecule has 1 aromatic heterocycles. The van der Waals surface area contributed by atoms with Crippen molar-refractivity contribution in [3.63, 3.8) is 0 Å². The van der Waals surface area contributed by atoms with E-state index >= 15 is 0 Å². The van der Waals surface area contributed by atoms with Crippen molar-refractivity contribution < 1.29 is 14.3 Å². The molecule has 2 saturated heterocycles. The van der Waals surface area contributed by atoms with Gasteiger partial charge in [0.2, 0.25) is 5.91 Å². The van der Waals surface area contributed by atoms with Crippen LogP contribution in [-0.4, -0.2) is 62.7 Å². The number of aromatic nitrogens is 3. The number of aromatic amines is 1. The summed E-state index contributed by atoms with van der Waals surface area (Å²) in [6, 6.07) is -0.374. The highest BCUT2D eigenvalue weighted by Gasteiger charge is 2.31. The van der Waals surface area contributed by atoms with E-state index in [-0.39, 0.29) is 23.7 Å². The van der Waals surface area contributed by atoms with Gasteiger partial charge in [-0.3, -0.25) is 14.3 Å². The monoisotopic (exact) mass is 341 g/mol. The number of nitrogens with one attached hydrogen (secondary N) is 2. The van der Waals surface area contributed by atoms with Gasteiger partial charge in [-0.05, 0) is 19.8 Å². The van der Waals surface area contributed by atoms with Crippen LogP contribution in [0.4, 0.5) is 4.79 Å². The van der Waals surface area contributed by atoms with E-state index in [0.717, 1.165) is 12.8 Å². The minimum Gasteiger partial charge on any atom is -0.376 e. The Morgan fingerprint density at radius 3 is 3.00 bits per heavy atom. The fourth-order valence-corrected chi connectivity index (χ4v) is 3.58. The molecule has 2 fully saturated rings. The van der Waals surface area contributed by atoms with E-state index in [2.05, 4.69) is 15.5 Å². The molecule has 0 spiro atoms. The van der Waals surface area contributed by atoms with Crippen molar-refractivity contribution in [2.75, 3.05) is 19.7 Å². The quantitative estimate of drug-likeness (QED) is 0.717. The molecule has 3 heterocycles. The highest BCUT2D eigenvalue weighted by Crippen LogP contribution is 2.23. The van der Waals surface area contributed by atoms with Gasteiger partial charge in [0.05, 0.1) is 17.9 Å². The van der Waals surface area contributed by atoms with Crippen LogP contribution in [0.25, 0.3) is 0 Å². The number of ether oxygens (including phenoxy) is 1. The molecule has 2 aliphatic rings. The third-order valence-electron chi connectivity index (χ3n) is 3.89. The Labute approximate surface area is 136 Å². The number of hydrogen-bond donors (Lipinski definition) is 2. The predicted octanol–water partition coefficient (Wildman–Crippen LogP) is -0.217. The summed E-state index contributed by atoms with van der Waals surface area (Å²) in [4.78, 5) is 37.0. The number of thioether (sulfide) groups is 1. The number of H-pyrrole nitrogens is 1. The van der Waals surface area contributed by atoms with Crippen LogP contribution in [0.1, 0.15) is 19.8 Å². The van der Waals surface area contributed by atoms with Crippen LogP contribution in [0.15, 0.2) is 9.95 Å². The molecule has 0 bridgehead atoms. The largest absolute Gasteiger partial charge is 0.376 e. The molecule has 0 aliphatic carbocycles. The van der Waals surface area contributed by atoms with E-state index < -0.39 is 5.25 Å². The fourth-order valence-electron chi connectivity index (χ4n) is 2.66. The first-order valence-electron chi connectivity index (χ1n) is 7.59. The van der Waals surface area contributed by atoms with Gasteiger partial charge < -0.3 is 10.1 Å². The third kappa shape index (κ3) is 3.42. The topological polar surface area (TPSA) is 109 Å². The third-order valence-corrected chi connectivity index (χ3v) is 4.96. The molecule has 2 N–H and O–H groups in total. The molecule has 1 aromatic rings. The molecule has 0 aromatic carbocycles. The number of urea groups is 1. The summed E-state index contributed by atoms with van der Waals surface area (Å²) in [5.41, 5.74) is -0.318. The van der Waals surface area contributed by atoms with Crippen molar-refractivity contribution in [1.29, 1.82) is 0 Å². The zero-order valence-corrected chi connectivity index (χ0v) is 13.6. The second-order valence-corrected chi connectivity index (χ2v) is 6.85. The lowest BCUT2D eigenvalue weighted by molar-refractivity contribution is -0.126. The van der Waals surface area contributed by atoms with Crippen LogP contribution < -0.4 is 11.0 Å². The maximum atomic E-state index is 12.3. The van der Waals surface area contributed by atoms with Crippen molar-refractivity contribution in [2.24, 2.45) is 0 Å². The zero-order chi connectivity index (χ0) is 16.4. The van der Waals surface area contributed by atoms with Crippen LogP contribution in [0.5, 0.6) is 0 Å². The van der Waals surface area contributed by atoms with Gasteiger partial charge in [0.15, 0.2) is 5.16 Å². The Morgan fingerprint density at radius 2 is 2.35 bits per heavy atom. The van der Waals surface area contributed by atoms with Gasteiger partial charge in [-0.1, -0.05) is 11.8 Å². The smallest absolute Gasteiger partial charge is 0.344 e. The Hall–Kier alpha value is -1.81. The molecule has 9 nitrogen and oxygen atoms in total. The first-order chi connectivity index (χ1) is 11.1. The van der Waals surface area contributed by atoms with Gasteiger partial charge >= 0.3 is 11.7 Å². The summed E-state index contributed by atoms with van der Waals surface area (Å²) in [5.74, 6) is -0.288. The molecule has 126 valence electrons. The molecule has 10 heteroatoms. The van der Waals surface area contributed by atoms with Gasteiger partial charge in [0, 0.05) is 19.7 Å². The average molecular weight is 341 g/mol. The summed E-state index contributed by atoms with van der Waals surface area (Å²) < 4.78 is 7.04. The Balaban J connectivity index is 1.68. The van der Waals surface area contributed by atoms with Gasteiger partial charge in [-0.25, -0.2) is 14.7 Å². The molecule has 0 radical (unpaired) electrons. The van der Waals surface area contributed by atoms with E-state index in [0.29, 0.717) is 31.4 Å². The number of rotatable bonds is 5. The van der Waals surface area contributed by atoms with E-state index in [1.54, 1.807) is 6.92 Å². The maximum Gasteiger partial charge on any atom is 0.344 e. The predicted molar refractivity (Wildman–Crippen MR) is 82.3 cm³/mol. The molecule has 3 rings (SSSR count). The molecule has 2 atom stereocenters. The molecule has 0 unspecified atom stereocenters. The van der Waals surface area contributed by atoms with Crippen LogP contribution >= 0.6 is 11.8 Å². The van der Waals surface area contributed by atoms with Crippen molar-refractivity contribution in [2.45, 2.75) is 42.8 Å². The van der Waals surface area contributed by atoms with Crippen molar-refractivity contribution >= 4 is 23.7 Å². The molecule has 2 aliphatic heterocycles. The van der Waals surface area contributed by atoms with E-state index in [9.17, 15) is 14.4 Å². The Kier molecular flexibility index (Phi) is 4.71. The number of carbonyl (C=O) groups excluding carboxylic acids is 2. The Morgan fingerprint density at radius 1 is 1.52 bits per heavy atom. The normalized spacial score (nSPS) is 22.4. The summed E-state index contributed by atoms with van der Waals surface area (Å²) in [5, 5.41) is 8.91. The highest BCUT2D eigenvalue weighted by atomic mass is 32.2. The second-order valence-electron chi connectivity index (χ2n) is 5.54. The first-order valence-corrected chi connectivity index (χ1v) is 8.47. The van der Waals surface area contributed by atoms with E-state index in [1.165, 1.54) is 21.2 Å². The molecule has 23 heavy (non-hydrogen) atoms. The minimum atomic E-state index is -0.516. The number of amides is 3. The van der Waals surface area contributed by atoms with E-state index in [4.69, 9.17) is 4.74 Å². The highest BCUT2D eigenvalue weighted by molar-refractivity contribution is 8.00. The molecule has 0 saturated carbocycles. The first kappa shape index (κ1) is 16.1. The van der Waals surface area contributed by atoms with Crippen molar-refractivity contribution in [3.05, 3.63) is 10.5 Å². The molecular weight excluding hydrogens is 322 g/mol. The molecular formula is C13H19N5O4S. The van der Waals surface area contributed by atoms with Crippen LogP contribution in [0, 0.1) is 0 Å². The number of nitrogens with zero attached hydrogens (tertiary/aromatic N) is 3. The van der Waals surface area contributed by atoms with Gasteiger partial charge in [-0.15, -0.1) is 5.10 Å². The zero-order valence-electron chi connectivity index (χ0n) is 12.8.